The van der Waals surface area contributed by atoms with Gasteiger partial charge in [0.15, 0.2) is 0 Å². The number of anilines is 1. The highest BCUT2D eigenvalue weighted by Crippen LogP contribution is 2.21. The van der Waals surface area contributed by atoms with Crippen LogP contribution < -0.4 is 10.6 Å². The highest BCUT2D eigenvalue weighted by molar-refractivity contribution is 6.04. The van der Waals surface area contributed by atoms with Gasteiger partial charge in [-0.3, -0.25) is 14.4 Å². The standard InChI is InChI=1S/C23H27N3O3/c1-3-14-24-22(28)20-5-4-15-26(20)23(29)18-10-12-19(13-11-18)25-21(27)17-8-6-16(2)7-9-17/h6-13,20H,3-5,14-15H2,1-2H3,(H,24,28)(H,25,27)/t20-/m0/s1. The van der Waals surface area contributed by atoms with Crippen LogP contribution >= 0.6 is 0 Å². The van der Waals surface area contributed by atoms with E-state index in [1.807, 2.05) is 26.0 Å². The maximum Gasteiger partial charge on any atom is 0.255 e. The van der Waals surface area contributed by atoms with E-state index in [-0.39, 0.29) is 17.7 Å². The van der Waals surface area contributed by atoms with Crippen LogP contribution in [0.3, 0.4) is 0 Å². The van der Waals surface area contributed by atoms with Gasteiger partial charge in [-0.05, 0) is 62.6 Å². The van der Waals surface area contributed by atoms with Crippen molar-refractivity contribution in [1.82, 2.24) is 10.2 Å². The molecule has 1 atom stereocenters. The predicted molar refractivity (Wildman–Crippen MR) is 113 cm³/mol. The Balaban J connectivity index is 1.64. The minimum absolute atomic E-state index is 0.0836. The van der Waals surface area contributed by atoms with Gasteiger partial charge in [0.05, 0.1) is 0 Å². The van der Waals surface area contributed by atoms with Gasteiger partial charge in [-0.25, -0.2) is 0 Å². The average molecular weight is 393 g/mol. The molecule has 0 aliphatic carbocycles. The molecule has 152 valence electrons. The monoisotopic (exact) mass is 393 g/mol. The number of carbonyl (C=O) groups is 3. The molecular formula is C23H27N3O3. The summed E-state index contributed by atoms with van der Waals surface area (Å²) >= 11 is 0. The van der Waals surface area contributed by atoms with Crippen LogP contribution in [0.15, 0.2) is 48.5 Å². The normalized spacial score (nSPS) is 15.8. The van der Waals surface area contributed by atoms with Crippen molar-refractivity contribution in [2.45, 2.75) is 39.2 Å². The van der Waals surface area contributed by atoms with E-state index in [0.29, 0.717) is 36.3 Å². The lowest BCUT2D eigenvalue weighted by molar-refractivity contribution is -0.124. The van der Waals surface area contributed by atoms with Gasteiger partial charge in [-0.2, -0.15) is 0 Å². The second-order valence-corrected chi connectivity index (χ2v) is 7.35. The molecule has 6 heteroatoms. The lowest BCUT2D eigenvalue weighted by Gasteiger charge is -2.24. The molecule has 0 bridgehead atoms. The molecule has 0 spiro atoms. The minimum Gasteiger partial charge on any atom is -0.354 e. The third-order valence-corrected chi connectivity index (χ3v) is 5.07. The van der Waals surface area contributed by atoms with Crippen molar-refractivity contribution < 1.29 is 14.4 Å². The summed E-state index contributed by atoms with van der Waals surface area (Å²) in [4.78, 5) is 39.2. The van der Waals surface area contributed by atoms with Crippen molar-refractivity contribution in [2.24, 2.45) is 0 Å². The average Bonchev–Trinajstić information content (AvgIpc) is 3.22. The van der Waals surface area contributed by atoms with Crippen molar-refractivity contribution in [3.8, 4) is 0 Å². The summed E-state index contributed by atoms with van der Waals surface area (Å²) in [5.41, 5.74) is 2.79. The fourth-order valence-electron chi connectivity index (χ4n) is 3.42. The van der Waals surface area contributed by atoms with Crippen molar-refractivity contribution in [3.05, 3.63) is 65.2 Å². The summed E-state index contributed by atoms with van der Waals surface area (Å²) in [6, 6.07) is 13.7. The number of nitrogens with zero attached hydrogens (tertiary/aromatic N) is 1. The van der Waals surface area contributed by atoms with E-state index >= 15 is 0 Å². The van der Waals surface area contributed by atoms with Crippen LogP contribution in [-0.2, 0) is 4.79 Å². The second kappa shape index (κ2) is 9.37. The largest absolute Gasteiger partial charge is 0.354 e. The summed E-state index contributed by atoms with van der Waals surface area (Å²) < 4.78 is 0. The zero-order valence-corrected chi connectivity index (χ0v) is 16.9. The topological polar surface area (TPSA) is 78.5 Å². The minimum atomic E-state index is -0.407. The Morgan fingerprint density at radius 3 is 2.31 bits per heavy atom. The Bertz CT molecular complexity index is 875. The van der Waals surface area contributed by atoms with Gasteiger partial charge in [0.25, 0.3) is 11.8 Å². The molecule has 0 aromatic heterocycles. The highest BCUT2D eigenvalue weighted by Gasteiger charge is 2.34. The van der Waals surface area contributed by atoms with E-state index in [0.717, 1.165) is 18.4 Å². The molecule has 0 unspecified atom stereocenters. The van der Waals surface area contributed by atoms with E-state index in [4.69, 9.17) is 0 Å². The fraction of sp³-hybridized carbons (Fsp3) is 0.348. The predicted octanol–water partition coefficient (Wildman–Crippen LogP) is 3.38. The molecular weight excluding hydrogens is 366 g/mol. The third-order valence-electron chi connectivity index (χ3n) is 5.07. The quantitative estimate of drug-likeness (QED) is 0.790. The second-order valence-electron chi connectivity index (χ2n) is 7.35. The number of aryl methyl sites for hydroxylation is 1. The van der Waals surface area contributed by atoms with Crippen LogP contribution in [0.5, 0.6) is 0 Å². The number of hydrogen-bond acceptors (Lipinski definition) is 3. The number of carbonyl (C=O) groups excluding carboxylic acids is 3. The number of likely N-dealkylation sites (tertiary alicyclic amines) is 1. The molecule has 0 saturated carbocycles. The molecule has 1 fully saturated rings. The number of hydrogen-bond donors (Lipinski definition) is 2. The van der Waals surface area contributed by atoms with Crippen LogP contribution in [0, 0.1) is 6.92 Å². The van der Waals surface area contributed by atoms with Crippen molar-refractivity contribution >= 4 is 23.4 Å². The third kappa shape index (κ3) is 5.02. The summed E-state index contributed by atoms with van der Waals surface area (Å²) in [6.07, 6.45) is 2.37. The lowest BCUT2D eigenvalue weighted by Crippen LogP contribution is -2.46. The van der Waals surface area contributed by atoms with Gasteiger partial charge < -0.3 is 15.5 Å². The van der Waals surface area contributed by atoms with Crippen molar-refractivity contribution in [1.29, 1.82) is 0 Å². The maximum atomic E-state index is 12.9. The molecule has 1 heterocycles. The Morgan fingerprint density at radius 1 is 1.00 bits per heavy atom. The van der Waals surface area contributed by atoms with Gasteiger partial charge in [0.1, 0.15) is 6.04 Å². The molecule has 0 radical (unpaired) electrons. The fourth-order valence-corrected chi connectivity index (χ4v) is 3.42. The number of benzene rings is 2. The zero-order chi connectivity index (χ0) is 20.8. The van der Waals surface area contributed by atoms with E-state index in [1.54, 1.807) is 41.3 Å². The molecule has 2 aromatic carbocycles. The smallest absolute Gasteiger partial charge is 0.255 e. The molecule has 1 aliphatic heterocycles. The van der Waals surface area contributed by atoms with Crippen molar-refractivity contribution in [2.75, 3.05) is 18.4 Å². The molecule has 1 saturated heterocycles. The Morgan fingerprint density at radius 2 is 1.66 bits per heavy atom. The van der Waals surface area contributed by atoms with Crippen LogP contribution in [0.1, 0.15) is 52.5 Å². The first kappa shape index (κ1) is 20.6. The van der Waals surface area contributed by atoms with Gasteiger partial charge in [0.2, 0.25) is 5.91 Å². The van der Waals surface area contributed by atoms with Crippen molar-refractivity contribution in [3.63, 3.8) is 0 Å². The lowest BCUT2D eigenvalue weighted by atomic mass is 10.1. The van der Waals surface area contributed by atoms with Gasteiger partial charge in [-0.15, -0.1) is 0 Å². The summed E-state index contributed by atoms with van der Waals surface area (Å²) in [7, 11) is 0. The van der Waals surface area contributed by atoms with Crippen LogP contribution in [0.25, 0.3) is 0 Å². The molecule has 3 amide bonds. The van der Waals surface area contributed by atoms with E-state index in [2.05, 4.69) is 10.6 Å². The summed E-state index contributed by atoms with van der Waals surface area (Å²) in [6.45, 7) is 5.16. The Labute approximate surface area is 171 Å². The maximum absolute atomic E-state index is 12.9. The molecule has 29 heavy (non-hydrogen) atoms. The Kier molecular flexibility index (Phi) is 6.65. The molecule has 1 aliphatic rings. The van der Waals surface area contributed by atoms with Gasteiger partial charge in [0, 0.05) is 29.9 Å². The molecule has 2 N–H and O–H groups in total. The molecule has 3 rings (SSSR count). The number of amides is 3. The zero-order valence-electron chi connectivity index (χ0n) is 16.9. The molecule has 2 aromatic rings. The van der Waals surface area contributed by atoms with E-state index < -0.39 is 6.04 Å². The highest BCUT2D eigenvalue weighted by atomic mass is 16.2. The number of rotatable bonds is 6. The number of nitrogens with one attached hydrogen (secondary N) is 2. The first-order chi connectivity index (χ1) is 14.0. The van der Waals surface area contributed by atoms with Gasteiger partial charge >= 0.3 is 0 Å². The summed E-state index contributed by atoms with van der Waals surface area (Å²) in [5.74, 6) is -0.438. The van der Waals surface area contributed by atoms with Crippen LogP contribution in [0.2, 0.25) is 0 Å². The summed E-state index contributed by atoms with van der Waals surface area (Å²) in [5, 5.41) is 5.72. The SMILES string of the molecule is CCCNC(=O)[C@@H]1CCCN1C(=O)c1ccc(NC(=O)c2ccc(C)cc2)cc1. The van der Waals surface area contributed by atoms with Crippen LogP contribution in [-0.4, -0.2) is 41.8 Å². The van der Waals surface area contributed by atoms with E-state index in [1.165, 1.54) is 0 Å². The van der Waals surface area contributed by atoms with Crippen LogP contribution in [0.4, 0.5) is 5.69 Å². The molecule has 6 nitrogen and oxygen atoms in total. The first-order valence-corrected chi connectivity index (χ1v) is 10.1. The Hall–Kier alpha value is -3.15. The van der Waals surface area contributed by atoms with E-state index in [9.17, 15) is 14.4 Å². The van der Waals surface area contributed by atoms with Gasteiger partial charge in [-0.1, -0.05) is 24.6 Å². The first-order valence-electron chi connectivity index (χ1n) is 10.1.